The standard InChI is InChI=1S/C22H22N4O2/c1-14-18(22(28)26-21(24-14)19-8-4-5-11-23-19)13-20(27)25-17-10-9-15-6-2-3-7-16(15)12-17/h2-8,11,17H,9-10,12-13H2,1H3,(H,25,27)(H,24,26,28)/t17-/m1/s1. The van der Waals surface area contributed by atoms with E-state index in [0.717, 1.165) is 19.3 Å². The van der Waals surface area contributed by atoms with E-state index in [0.29, 0.717) is 22.8 Å². The maximum atomic E-state index is 12.5. The van der Waals surface area contributed by atoms with E-state index in [1.165, 1.54) is 11.1 Å². The highest BCUT2D eigenvalue weighted by Crippen LogP contribution is 2.21. The second-order valence-corrected chi connectivity index (χ2v) is 7.15. The molecule has 1 aliphatic carbocycles. The number of carbonyl (C=O) groups is 1. The molecule has 1 aromatic carbocycles. The fourth-order valence-electron chi connectivity index (χ4n) is 3.70. The predicted molar refractivity (Wildman–Crippen MR) is 107 cm³/mol. The number of nitrogens with zero attached hydrogens (tertiary/aromatic N) is 2. The molecule has 0 saturated heterocycles. The number of benzene rings is 1. The Morgan fingerprint density at radius 1 is 1.18 bits per heavy atom. The lowest BCUT2D eigenvalue weighted by Crippen LogP contribution is -2.40. The van der Waals surface area contributed by atoms with Crippen LogP contribution in [0.2, 0.25) is 0 Å². The average molecular weight is 374 g/mol. The number of aromatic nitrogens is 3. The van der Waals surface area contributed by atoms with Crippen LogP contribution in [-0.2, 0) is 24.1 Å². The summed E-state index contributed by atoms with van der Waals surface area (Å²) < 4.78 is 0. The Morgan fingerprint density at radius 2 is 1.96 bits per heavy atom. The second kappa shape index (κ2) is 7.76. The van der Waals surface area contributed by atoms with Gasteiger partial charge in [-0.2, -0.15) is 0 Å². The number of aryl methyl sites for hydroxylation is 2. The van der Waals surface area contributed by atoms with Crippen molar-refractivity contribution in [1.82, 2.24) is 20.3 Å². The molecule has 0 unspecified atom stereocenters. The minimum absolute atomic E-state index is 0.0226. The molecule has 0 aliphatic heterocycles. The molecule has 0 fully saturated rings. The first kappa shape index (κ1) is 18.1. The number of nitrogens with one attached hydrogen (secondary N) is 2. The Kier molecular flexibility index (Phi) is 5.02. The lowest BCUT2D eigenvalue weighted by molar-refractivity contribution is -0.121. The number of pyridine rings is 1. The van der Waals surface area contributed by atoms with E-state index in [1.54, 1.807) is 25.3 Å². The molecule has 142 valence electrons. The van der Waals surface area contributed by atoms with Gasteiger partial charge in [-0.15, -0.1) is 0 Å². The molecule has 6 nitrogen and oxygen atoms in total. The lowest BCUT2D eigenvalue weighted by Gasteiger charge is -2.25. The Hall–Kier alpha value is -3.28. The van der Waals surface area contributed by atoms with Crippen LogP contribution in [0.4, 0.5) is 0 Å². The van der Waals surface area contributed by atoms with Gasteiger partial charge in [-0.05, 0) is 49.4 Å². The summed E-state index contributed by atoms with van der Waals surface area (Å²) in [5.41, 5.74) is 3.89. The number of hydrogen-bond donors (Lipinski definition) is 2. The van der Waals surface area contributed by atoms with Crippen LogP contribution in [0.5, 0.6) is 0 Å². The number of rotatable bonds is 4. The minimum atomic E-state index is -0.294. The maximum absolute atomic E-state index is 12.5. The van der Waals surface area contributed by atoms with Gasteiger partial charge >= 0.3 is 0 Å². The van der Waals surface area contributed by atoms with Crippen molar-refractivity contribution in [3.63, 3.8) is 0 Å². The fourth-order valence-corrected chi connectivity index (χ4v) is 3.70. The Morgan fingerprint density at radius 3 is 2.71 bits per heavy atom. The molecule has 6 heteroatoms. The summed E-state index contributed by atoms with van der Waals surface area (Å²) in [6, 6.07) is 13.9. The van der Waals surface area contributed by atoms with E-state index in [2.05, 4.69) is 38.5 Å². The molecule has 3 aromatic rings. The van der Waals surface area contributed by atoms with Crippen molar-refractivity contribution in [3.05, 3.63) is 81.4 Å². The Labute approximate surface area is 163 Å². The predicted octanol–water partition coefficient (Wildman–Crippen LogP) is 2.36. The molecule has 0 bridgehead atoms. The molecule has 2 N–H and O–H groups in total. The van der Waals surface area contributed by atoms with Crippen LogP contribution in [0.15, 0.2) is 53.5 Å². The van der Waals surface area contributed by atoms with Gasteiger partial charge in [0.1, 0.15) is 5.69 Å². The van der Waals surface area contributed by atoms with E-state index in [1.807, 2.05) is 12.1 Å². The summed E-state index contributed by atoms with van der Waals surface area (Å²) in [5.74, 6) is 0.265. The molecule has 1 atom stereocenters. The van der Waals surface area contributed by atoms with Gasteiger partial charge in [0.2, 0.25) is 5.91 Å². The number of carbonyl (C=O) groups excluding carboxylic acids is 1. The smallest absolute Gasteiger partial charge is 0.255 e. The van der Waals surface area contributed by atoms with E-state index in [-0.39, 0.29) is 23.9 Å². The Bertz CT molecular complexity index is 1060. The number of hydrogen-bond acceptors (Lipinski definition) is 4. The maximum Gasteiger partial charge on any atom is 0.255 e. The molecule has 0 saturated carbocycles. The molecule has 0 radical (unpaired) electrons. The third-order valence-corrected chi connectivity index (χ3v) is 5.18. The van der Waals surface area contributed by atoms with Crippen molar-refractivity contribution in [1.29, 1.82) is 0 Å². The molecule has 1 aliphatic rings. The van der Waals surface area contributed by atoms with Crippen molar-refractivity contribution in [3.8, 4) is 11.5 Å². The average Bonchev–Trinajstić information content (AvgIpc) is 2.71. The van der Waals surface area contributed by atoms with Gasteiger partial charge in [-0.25, -0.2) is 4.98 Å². The number of amides is 1. The highest BCUT2D eigenvalue weighted by atomic mass is 16.2. The van der Waals surface area contributed by atoms with E-state index in [4.69, 9.17) is 0 Å². The zero-order chi connectivity index (χ0) is 19.5. The molecule has 2 heterocycles. The summed E-state index contributed by atoms with van der Waals surface area (Å²) in [6.07, 6.45) is 4.37. The van der Waals surface area contributed by atoms with E-state index < -0.39 is 0 Å². The number of aromatic amines is 1. The molecular formula is C22H22N4O2. The summed E-state index contributed by atoms with van der Waals surface area (Å²) in [7, 11) is 0. The van der Waals surface area contributed by atoms with Gasteiger partial charge in [-0.3, -0.25) is 14.6 Å². The third kappa shape index (κ3) is 3.86. The van der Waals surface area contributed by atoms with Crippen molar-refractivity contribution < 1.29 is 4.79 Å². The normalized spacial score (nSPS) is 15.7. The SMILES string of the molecule is Cc1nc(-c2ccccn2)[nH]c(=O)c1CC(=O)N[C@@H]1CCc2ccccc2C1. The topological polar surface area (TPSA) is 87.7 Å². The fraction of sp³-hybridized carbons (Fsp3) is 0.273. The summed E-state index contributed by atoms with van der Waals surface area (Å²) in [6.45, 7) is 1.75. The first-order valence-electron chi connectivity index (χ1n) is 9.47. The second-order valence-electron chi connectivity index (χ2n) is 7.15. The van der Waals surface area contributed by atoms with Gasteiger partial charge in [0.15, 0.2) is 5.82 Å². The molecule has 1 amide bonds. The van der Waals surface area contributed by atoms with E-state index >= 15 is 0 Å². The lowest BCUT2D eigenvalue weighted by atomic mass is 9.88. The monoisotopic (exact) mass is 374 g/mol. The molecule has 28 heavy (non-hydrogen) atoms. The molecule has 4 rings (SSSR count). The highest BCUT2D eigenvalue weighted by molar-refractivity contribution is 5.79. The van der Waals surface area contributed by atoms with Crippen LogP contribution in [0.3, 0.4) is 0 Å². The van der Waals surface area contributed by atoms with Crippen LogP contribution >= 0.6 is 0 Å². The summed E-state index contributed by atoms with van der Waals surface area (Å²) in [5, 5.41) is 3.08. The number of fused-ring (bicyclic) bond motifs is 1. The first-order valence-corrected chi connectivity index (χ1v) is 9.47. The minimum Gasteiger partial charge on any atom is -0.353 e. The van der Waals surface area contributed by atoms with Crippen LogP contribution in [0.1, 0.15) is 28.8 Å². The molecular weight excluding hydrogens is 352 g/mol. The molecule has 0 spiro atoms. The van der Waals surface area contributed by atoms with Crippen molar-refractivity contribution in [2.45, 2.75) is 38.6 Å². The van der Waals surface area contributed by atoms with Crippen LogP contribution < -0.4 is 10.9 Å². The number of H-pyrrole nitrogens is 1. The van der Waals surface area contributed by atoms with Gasteiger partial charge in [0.05, 0.1) is 6.42 Å². The summed E-state index contributed by atoms with van der Waals surface area (Å²) in [4.78, 5) is 36.5. The quantitative estimate of drug-likeness (QED) is 0.734. The highest BCUT2D eigenvalue weighted by Gasteiger charge is 2.21. The largest absolute Gasteiger partial charge is 0.353 e. The zero-order valence-corrected chi connectivity index (χ0v) is 15.7. The van der Waals surface area contributed by atoms with Crippen LogP contribution in [-0.4, -0.2) is 26.9 Å². The Balaban J connectivity index is 1.46. The van der Waals surface area contributed by atoms with Crippen molar-refractivity contribution in [2.75, 3.05) is 0 Å². The summed E-state index contributed by atoms with van der Waals surface area (Å²) >= 11 is 0. The van der Waals surface area contributed by atoms with Crippen LogP contribution in [0, 0.1) is 6.92 Å². The van der Waals surface area contributed by atoms with Gasteiger partial charge in [0, 0.05) is 23.5 Å². The van der Waals surface area contributed by atoms with Gasteiger partial charge in [0.25, 0.3) is 5.56 Å². The van der Waals surface area contributed by atoms with Gasteiger partial charge in [-0.1, -0.05) is 30.3 Å². The third-order valence-electron chi connectivity index (χ3n) is 5.18. The molecule has 2 aromatic heterocycles. The van der Waals surface area contributed by atoms with Crippen LogP contribution in [0.25, 0.3) is 11.5 Å². The first-order chi connectivity index (χ1) is 13.6. The van der Waals surface area contributed by atoms with Crippen molar-refractivity contribution in [2.24, 2.45) is 0 Å². The van der Waals surface area contributed by atoms with E-state index in [9.17, 15) is 9.59 Å². The zero-order valence-electron chi connectivity index (χ0n) is 15.7. The van der Waals surface area contributed by atoms with Gasteiger partial charge < -0.3 is 10.3 Å². The van der Waals surface area contributed by atoms with Crippen molar-refractivity contribution >= 4 is 5.91 Å².